The van der Waals surface area contributed by atoms with Crippen LogP contribution >= 0.6 is 0 Å². The van der Waals surface area contributed by atoms with Crippen molar-refractivity contribution < 1.29 is 4.74 Å². The van der Waals surface area contributed by atoms with Gasteiger partial charge in [-0.1, -0.05) is 23.8 Å². The van der Waals surface area contributed by atoms with Gasteiger partial charge in [-0.2, -0.15) is 0 Å². The third-order valence-corrected chi connectivity index (χ3v) is 4.32. The molecular formula is C16H25NO. The van der Waals surface area contributed by atoms with E-state index in [1.165, 1.54) is 36.0 Å². The molecule has 0 bridgehead atoms. The second kappa shape index (κ2) is 5.41. The van der Waals surface area contributed by atoms with Crippen molar-refractivity contribution in [2.75, 3.05) is 7.11 Å². The van der Waals surface area contributed by atoms with Crippen LogP contribution in [-0.4, -0.2) is 18.8 Å². The number of ether oxygens (including phenoxy) is 1. The van der Waals surface area contributed by atoms with Crippen LogP contribution in [-0.2, 0) is 11.2 Å². The lowest BCUT2D eigenvalue weighted by Crippen LogP contribution is -2.45. The third kappa shape index (κ3) is 2.93. The molecule has 0 heterocycles. The number of aryl methyl sites for hydroxylation is 2. The van der Waals surface area contributed by atoms with Crippen molar-refractivity contribution >= 4 is 0 Å². The van der Waals surface area contributed by atoms with Crippen LogP contribution in [0, 0.1) is 13.8 Å². The smallest absolute Gasteiger partial charge is 0.0693 e. The van der Waals surface area contributed by atoms with Gasteiger partial charge in [-0.15, -0.1) is 0 Å². The van der Waals surface area contributed by atoms with Gasteiger partial charge in [0.15, 0.2) is 0 Å². The molecule has 1 atom stereocenters. The molecule has 2 nitrogen and oxygen atoms in total. The second-order valence-corrected chi connectivity index (χ2v) is 5.84. The third-order valence-electron chi connectivity index (χ3n) is 4.32. The Balaban J connectivity index is 1.98. The first-order chi connectivity index (χ1) is 8.54. The van der Waals surface area contributed by atoms with Crippen LogP contribution in [0.25, 0.3) is 0 Å². The molecule has 0 aliphatic heterocycles. The van der Waals surface area contributed by atoms with Crippen LogP contribution in [0.1, 0.15) is 42.4 Å². The monoisotopic (exact) mass is 247 g/mol. The molecule has 2 N–H and O–H groups in total. The van der Waals surface area contributed by atoms with Gasteiger partial charge in [-0.25, -0.2) is 0 Å². The Bertz CT molecular complexity index is 404. The van der Waals surface area contributed by atoms with Crippen LogP contribution in [0.5, 0.6) is 0 Å². The quantitative estimate of drug-likeness (QED) is 0.867. The molecule has 0 spiro atoms. The maximum absolute atomic E-state index is 6.32. The molecular weight excluding hydrogens is 222 g/mol. The zero-order valence-corrected chi connectivity index (χ0v) is 11.8. The Morgan fingerprint density at radius 1 is 1.33 bits per heavy atom. The summed E-state index contributed by atoms with van der Waals surface area (Å²) in [6.45, 7) is 4.30. The summed E-state index contributed by atoms with van der Waals surface area (Å²) < 4.78 is 5.66. The van der Waals surface area contributed by atoms with Gasteiger partial charge in [0.1, 0.15) is 0 Å². The SMILES string of the molecule is COC1(CC(N)Cc2cc(C)ccc2C)CCC1. The normalized spacial score (nSPS) is 19.3. The van der Waals surface area contributed by atoms with Crippen LogP contribution < -0.4 is 5.73 Å². The molecule has 2 rings (SSSR count). The maximum Gasteiger partial charge on any atom is 0.0693 e. The van der Waals surface area contributed by atoms with E-state index >= 15 is 0 Å². The van der Waals surface area contributed by atoms with E-state index in [2.05, 4.69) is 32.0 Å². The summed E-state index contributed by atoms with van der Waals surface area (Å²) in [5.41, 5.74) is 10.4. The number of hydrogen-bond donors (Lipinski definition) is 1. The molecule has 0 radical (unpaired) electrons. The minimum atomic E-state index is 0.0805. The molecule has 1 fully saturated rings. The Labute approximate surface area is 111 Å². The van der Waals surface area contributed by atoms with Crippen molar-refractivity contribution in [1.29, 1.82) is 0 Å². The van der Waals surface area contributed by atoms with Crippen LogP contribution in [0.3, 0.4) is 0 Å². The van der Waals surface area contributed by atoms with Gasteiger partial charge in [0.2, 0.25) is 0 Å². The zero-order chi connectivity index (χ0) is 13.2. The Morgan fingerprint density at radius 3 is 2.61 bits per heavy atom. The van der Waals surface area contributed by atoms with Crippen LogP contribution in [0.2, 0.25) is 0 Å². The number of benzene rings is 1. The highest BCUT2D eigenvalue weighted by Gasteiger charge is 2.38. The summed E-state index contributed by atoms with van der Waals surface area (Å²) in [7, 11) is 1.82. The fourth-order valence-electron chi connectivity index (χ4n) is 2.92. The molecule has 1 saturated carbocycles. The summed E-state index contributed by atoms with van der Waals surface area (Å²) in [6.07, 6.45) is 5.56. The Morgan fingerprint density at radius 2 is 2.06 bits per heavy atom. The molecule has 0 aromatic heterocycles. The van der Waals surface area contributed by atoms with Gasteiger partial charge in [0.05, 0.1) is 5.60 Å². The van der Waals surface area contributed by atoms with Crippen molar-refractivity contribution in [1.82, 2.24) is 0 Å². The van der Waals surface area contributed by atoms with Crippen molar-refractivity contribution in [3.8, 4) is 0 Å². The molecule has 0 saturated heterocycles. The minimum absolute atomic E-state index is 0.0805. The van der Waals surface area contributed by atoms with Gasteiger partial charge < -0.3 is 10.5 Å². The topological polar surface area (TPSA) is 35.2 Å². The molecule has 1 aliphatic carbocycles. The maximum atomic E-state index is 6.32. The first-order valence-electron chi connectivity index (χ1n) is 6.91. The minimum Gasteiger partial charge on any atom is -0.378 e. The lowest BCUT2D eigenvalue weighted by atomic mass is 9.75. The largest absolute Gasteiger partial charge is 0.378 e. The van der Waals surface area contributed by atoms with E-state index in [4.69, 9.17) is 10.5 Å². The molecule has 1 aromatic carbocycles. The van der Waals surface area contributed by atoms with E-state index < -0.39 is 0 Å². The van der Waals surface area contributed by atoms with Crippen LogP contribution in [0.15, 0.2) is 18.2 Å². The summed E-state index contributed by atoms with van der Waals surface area (Å²) >= 11 is 0. The van der Waals surface area contributed by atoms with Crippen molar-refractivity contribution in [2.45, 2.75) is 57.6 Å². The zero-order valence-electron chi connectivity index (χ0n) is 11.8. The number of methoxy groups -OCH3 is 1. The molecule has 2 heteroatoms. The van der Waals surface area contributed by atoms with E-state index in [0.717, 1.165) is 12.8 Å². The number of rotatable bonds is 5. The summed E-state index contributed by atoms with van der Waals surface area (Å²) in [5.74, 6) is 0. The second-order valence-electron chi connectivity index (χ2n) is 5.84. The van der Waals surface area contributed by atoms with E-state index in [9.17, 15) is 0 Å². The average Bonchev–Trinajstić information content (AvgIpc) is 2.28. The Kier molecular flexibility index (Phi) is 4.08. The highest BCUT2D eigenvalue weighted by molar-refractivity contribution is 5.31. The number of nitrogens with two attached hydrogens (primary N) is 1. The summed E-state index contributed by atoms with van der Waals surface area (Å²) in [5, 5.41) is 0. The van der Waals surface area contributed by atoms with Crippen LogP contribution in [0.4, 0.5) is 0 Å². The fourth-order valence-corrected chi connectivity index (χ4v) is 2.92. The lowest BCUT2D eigenvalue weighted by Gasteiger charge is -2.42. The highest BCUT2D eigenvalue weighted by Crippen LogP contribution is 2.39. The molecule has 18 heavy (non-hydrogen) atoms. The van der Waals surface area contributed by atoms with Crippen molar-refractivity contribution in [3.63, 3.8) is 0 Å². The predicted molar refractivity (Wildman–Crippen MR) is 75.8 cm³/mol. The molecule has 1 aliphatic rings. The summed E-state index contributed by atoms with van der Waals surface area (Å²) in [4.78, 5) is 0. The summed E-state index contributed by atoms with van der Waals surface area (Å²) in [6, 6.07) is 6.81. The molecule has 1 unspecified atom stereocenters. The Hall–Kier alpha value is -0.860. The predicted octanol–water partition coefficient (Wildman–Crippen LogP) is 3.13. The van der Waals surface area contributed by atoms with E-state index in [1.54, 1.807) is 0 Å². The molecule has 0 amide bonds. The number of hydrogen-bond acceptors (Lipinski definition) is 2. The van der Waals surface area contributed by atoms with Gasteiger partial charge in [-0.05, 0) is 57.1 Å². The van der Waals surface area contributed by atoms with E-state index in [1.807, 2.05) is 7.11 Å². The molecule has 100 valence electrons. The van der Waals surface area contributed by atoms with Crippen molar-refractivity contribution in [2.24, 2.45) is 5.73 Å². The lowest BCUT2D eigenvalue weighted by molar-refractivity contribution is -0.0813. The van der Waals surface area contributed by atoms with E-state index in [0.29, 0.717) is 0 Å². The van der Waals surface area contributed by atoms with E-state index in [-0.39, 0.29) is 11.6 Å². The van der Waals surface area contributed by atoms with Gasteiger partial charge in [-0.3, -0.25) is 0 Å². The molecule has 1 aromatic rings. The van der Waals surface area contributed by atoms with Gasteiger partial charge >= 0.3 is 0 Å². The van der Waals surface area contributed by atoms with Crippen molar-refractivity contribution in [3.05, 3.63) is 34.9 Å². The average molecular weight is 247 g/mol. The standard InChI is InChI=1S/C16H25NO/c1-12-5-6-13(2)14(9-12)10-15(17)11-16(18-3)7-4-8-16/h5-6,9,15H,4,7-8,10-11,17H2,1-3H3. The highest BCUT2D eigenvalue weighted by atomic mass is 16.5. The van der Waals surface area contributed by atoms with Gasteiger partial charge in [0.25, 0.3) is 0 Å². The first-order valence-corrected chi connectivity index (χ1v) is 6.91. The fraction of sp³-hybridized carbons (Fsp3) is 0.625. The van der Waals surface area contributed by atoms with Gasteiger partial charge in [0, 0.05) is 13.2 Å². The first kappa shape index (κ1) is 13.6.